The second-order valence-electron chi connectivity index (χ2n) is 7.33. The molecule has 2 heterocycles. The van der Waals surface area contributed by atoms with E-state index in [1.165, 1.54) is 10.9 Å². The normalized spacial score (nSPS) is 17.4. The minimum atomic E-state index is -0.762. The number of fused-ring (bicyclic) bond motifs is 1. The summed E-state index contributed by atoms with van der Waals surface area (Å²) in [4.78, 5) is 16.2. The van der Waals surface area contributed by atoms with Crippen molar-refractivity contribution in [2.45, 2.75) is 18.9 Å². The van der Waals surface area contributed by atoms with E-state index in [0.717, 1.165) is 29.8 Å². The number of aromatic nitrogens is 1. The van der Waals surface area contributed by atoms with Crippen LogP contribution in [0.5, 0.6) is 5.75 Å². The Morgan fingerprint density at radius 3 is 2.86 bits per heavy atom. The maximum Gasteiger partial charge on any atom is 0.304 e. The molecule has 1 unspecified atom stereocenters. The van der Waals surface area contributed by atoms with E-state index in [2.05, 4.69) is 28.1 Å². The molecule has 0 saturated carbocycles. The van der Waals surface area contributed by atoms with Crippen LogP contribution in [0.25, 0.3) is 10.9 Å². The highest BCUT2D eigenvalue weighted by Gasteiger charge is 2.22. The molecule has 0 amide bonds. The van der Waals surface area contributed by atoms with Gasteiger partial charge in [-0.25, -0.2) is 0 Å². The lowest BCUT2D eigenvalue weighted by atomic mass is 10.1. The number of carbonyl (C=O) groups is 1. The molecule has 4 rings (SSSR count). The molecular weight excluding hydrogens is 368 g/mol. The summed E-state index contributed by atoms with van der Waals surface area (Å²) in [7, 11) is 0. The Bertz CT molecular complexity index is 951. The van der Waals surface area contributed by atoms with Gasteiger partial charge in [0, 0.05) is 43.2 Å². The minimum absolute atomic E-state index is 0.0298. The van der Waals surface area contributed by atoms with Gasteiger partial charge in [-0.2, -0.15) is 0 Å². The summed E-state index contributed by atoms with van der Waals surface area (Å²) in [5.41, 5.74) is 3.50. The third kappa shape index (κ3) is 4.96. The van der Waals surface area contributed by atoms with Crippen molar-refractivity contribution in [3.05, 3.63) is 65.9 Å². The van der Waals surface area contributed by atoms with Gasteiger partial charge in [-0.15, -0.1) is 0 Å². The number of nitrogens with zero attached hydrogens (tertiary/aromatic N) is 1. The topological polar surface area (TPSA) is 74.8 Å². The molecular formula is C23H26N2O4. The first-order valence-electron chi connectivity index (χ1n) is 10.0. The van der Waals surface area contributed by atoms with Crippen LogP contribution in [0.1, 0.15) is 23.7 Å². The summed E-state index contributed by atoms with van der Waals surface area (Å²) in [5, 5.41) is 10.1. The highest BCUT2D eigenvalue weighted by Crippen LogP contribution is 2.25. The minimum Gasteiger partial charge on any atom is -0.493 e. The fraction of sp³-hybridized carbons (Fsp3) is 0.348. The average Bonchev–Trinajstić information content (AvgIpc) is 3.16. The number of nitrogens with one attached hydrogen (secondary N) is 1. The predicted octanol–water partition coefficient (Wildman–Crippen LogP) is 3.64. The second-order valence-corrected chi connectivity index (χ2v) is 7.33. The number of ether oxygens (including phenoxy) is 2. The van der Waals surface area contributed by atoms with E-state index in [1.807, 2.05) is 36.5 Å². The first-order chi connectivity index (χ1) is 14.2. The Hall–Kier alpha value is -2.83. The zero-order valence-corrected chi connectivity index (χ0v) is 16.3. The lowest BCUT2D eigenvalue weighted by Gasteiger charge is -2.32. The van der Waals surface area contributed by atoms with E-state index in [0.29, 0.717) is 26.3 Å². The first-order valence-corrected chi connectivity index (χ1v) is 10.0. The molecule has 1 aliphatic heterocycles. The molecule has 0 radical (unpaired) electrons. The van der Waals surface area contributed by atoms with Crippen LogP contribution in [0, 0.1) is 0 Å². The number of carboxylic acid groups (broad SMARTS) is 1. The number of rotatable bonds is 8. The van der Waals surface area contributed by atoms with Crippen LogP contribution >= 0.6 is 0 Å². The molecule has 29 heavy (non-hydrogen) atoms. The average molecular weight is 394 g/mol. The van der Waals surface area contributed by atoms with Gasteiger partial charge in [0.25, 0.3) is 0 Å². The summed E-state index contributed by atoms with van der Waals surface area (Å²) in [6, 6.07) is 16.3. The van der Waals surface area contributed by atoms with E-state index >= 15 is 0 Å². The van der Waals surface area contributed by atoms with E-state index in [4.69, 9.17) is 14.6 Å². The molecule has 0 bridgehead atoms. The third-order valence-corrected chi connectivity index (χ3v) is 5.36. The summed E-state index contributed by atoms with van der Waals surface area (Å²) in [5.74, 6) is 0.0781. The molecule has 1 fully saturated rings. The Balaban J connectivity index is 1.29. The van der Waals surface area contributed by atoms with Crippen molar-refractivity contribution < 1.29 is 19.4 Å². The molecule has 1 atom stereocenters. The molecule has 6 heteroatoms. The monoisotopic (exact) mass is 394 g/mol. The van der Waals surface area contributed by atoms with Crippen LogP contribution in [-0.4, -0.2) is 53.8 Å². The van der Waals surface area contributed by atoms with Crippen molar-refractivity contribution in [1.29, 1.82) is 0 Å². The van der Waals surface area contributed by atoms with Crippen molar-refractivity contribution in [2.24, 2.45) is 0 Å². The first kappa shape index (κ1) is 19.5. The maximum atomic E-state index is 10.8. The summed E-state index contributed by atoms with van der Waals surface area (Å²) >= 11 is 0. The number of morpholine rings is 1. The molecule has 6 nitrogen and oxygen atoms in total. The number of para-hydroxylation sites is 1. The fourth-order valence-electron chi connectivity index (χ4n) is 3.76. The number of aliphatic carboxylic acids is 1. The van der Waals surface area contributed by atoms with Crippen molar-refractivity contribution in [3.63, 3.8) is 0 Å². The van der Waals surface area contributed by atoms with Gasteiger partial charge in [-0.05, 0) is 29.3 Å². The van der Waals surface area contributed by atoms with Crippen molar-refractivity contribution in [1.82, 2.24) is 9.88 Å². The third-order valence-electron chi connectivity index (χ3n) is 5.36. The van der Waals surface area contributed by atoms with Gasteiger partial charge in [0.15, 0.2) is 0 Å². The number of benzene rings is 2. The zero-order chi connectivity index (χ0) is 20.1. The van der Waals surface area contributed by atoms with Crippen molar-refractivity contribution >= 4 is 16.9 Å². The number of hydrogen-bond donors (Lipinski definition) is 2. The van der Waals surface area contributed by atoms with E-state index in [-0.39, 0.29) is 12.5 Å². The SMILES string of the molecule is O=C(O)CCN1CCOC(c2ccc(OCCc3c[nH]c4ccccc34)cc2)C1. The molecule has 2 N–H and O–H groups in total. The predicted molar refractivity (Wildman–Crippen MR) is 111 cm³/mol. The molecule has 152 valence electrons. The molecule has 3 aromatic rings. The Morgan fingerprint density at radius 2 is 2.03 bits per heavy atom. The van der Waals surface area contributed by atoms with Crippen LogP contribution in [0.15, 0.2) is 54.7 Å². The van der Waals surface area contributed by atoms with Gasteiger partial charge >= 0.3 is 5.97 Å². The lowest BCUT2D eigenvalue weighted by Crippen LogP contribution is -2.39. The quantitative estimate of drug-likeness (QED) is 0.610. The van der Waals surface area contributed by atoms with Gasteiger partial charge in [-0.3, -0.25) is 9.69 Å². The molecule has 0 spiro atoms. The van der Waals surface area contributed by atoms with Crippen LogP contribution < -0.4 is 4.74 Å². The summed E-state index contributed by atoms with van der Waals surface area (Å²) in [6.07, 6.45) is 3.03. The Kier molecular flexibility index (Phi) is 6.12. The summed E-state index contributed by atoms with van der Waals surface area (Å²) in [6.45, 7) is 3.29. The Labute approximate surface area is 170 Å². The fourth-order valence-corrected chi connectivity index (χ4v) is 3.76. The van der Waals surface area contributed by atoms with Gasteiger partial charge in [0.1, 0.15) is 5.75 Å². The standard InChI is InChI=1S/C23H26N2O4/c26-23(27)9-11-25-12-14-29-22(16-25)17-5-7-19(8-6-17)28-13-10-18-15-24-21-4-2-1-3-20(18)21/h1-8,15,22,24H,9-14,16H2,(H,26,27). The molecule has 1 aromatic heterocycles. The van der Waals surface area contributed by atoms with E-state index < -0.39 is 5.97 Å². The zero-order valence-electron chi connectivity index (χ0n) is 16.3. The highest BCUT2D eigenvalue weighted by molar-refractivity contribution is 5.83. The van der Waals surface area contributed by atoms with Gasteiger partial charge in [0.2, 0.25) is 0 Å². The van der Waals surface area contributed by atoms with Gasteiger partial charge in [-0.1, -0.05) is 30.3 Å². The lowest BCUT2D eigenvalue weighted by molar-refractivity contribution is -0.137. The van der Waals surface area contributed by atoms with Crippen LogP contribution in [0.4, 0.5) is 0 Å². The van der Waals surface area contributed by atoms with Gasteiger partial charge < -0.3 is 19.6 Å². The molecule has 1 saturated heterocycles. The number of carboxylic acids is 1. The van der Waals surface area contributed by atoms with Crippen molar-refractivity contribution in [3.8, 4) is 5.75 Å². The second kappa shape index (κ2) is 9.11. The van der Waals surface area contributed by atoms with E-state index in [1.54, 1.807) is 0 Å². The highest BCUT2D eigenvalue weighted by atomic mass is 16.5. The maximum absolute atomic E-state index is 10.8. The molecule has 1 aliphatic rings. The largest absolute Gasteiger partial charge is 0.493 e. The van der Waals surface area contributed by atoms with E-state index in [9.17, 15) is 4.79 Å². The smallest absolute Gasteiger partial charge is 0.304 e. The summed E-state index contributed by atoms with van der Waals surface area (Å²) < 4.78 is 11.8. The number of H-pyrrole nitrogens is 1. The molecule has 2 aromatic carbocycles. The van der Waals surface area contributed by atoms with Crippen LogP contribution in [0.3, 0.4) is 0 Å². The number of hydrogen-bond acceptors (Lipinski definition) is 4. The Morgan fingerprint density at radius 1 is 1.21 bits per heavy atom. The van der Waals surface area contributed by atoms with Crippen LogP contribution in [-0.2, 0) is 16.0 Å². The molecule has 0 aliphatic carbocycles. The van der Waals surface area contributed by atoms with Crippen LogP contribution in [0.2, 0.25) is 0 Å². The van der Waals surface area contributed by atoms with Gasteiger partial charge in [0.05, 0.1) is 25.7 Å². The number of aromatic amines is 1. The van der Waals surface area contributed by atoms with Crippen molar-refractivity contribution in [2.75, 3.05) is 32.8 Å².